The topological polar surface area (TPSA) is 13.6 Å². The van der Waals surface area contributed by atoms with E-state index in [-0.39, 0.29) is 22.4 Å². The average molecular weight is 457 g/mol. The molecule has 1 spiro atoms. The van der Waals surface area contributed by atoms with E-state index >= 15 is 0 Å². The third-order valence-electron chi connectivity index (χ3n) is 10.2. The molecule has 4 aliphatic heterocycles. The van der Waals surface area contributed by atoms with Gasteiger partial charge in [-0.25, -0.2) is 4.57 Å². The maximum absolute atomic E-state index is 2.66. The molecule has 4 atom stereocenters. The molecule has 4 nitrogen and oxygen atoms in total. The zero-order valence-electron chi connectivity index (χ0n) is 20.6. The van der Waals surface area contributed by atoms with Gasteiger partial charge in [0.1, 0.15) is 11.7 Å². The number of likely N-dealkylation sites (N-methyl/N-ethyl adjacent to an activating group) is 1. The summed E-state index contributed by atoms with van der Waals surface area (Å²) in [6.07, 6.45) is 11.6. The molecule has 5 heteroatoms. The van der Waals surface area contributed by atoms with Gasteiger partial charge in [-0.1, -0.05) is 62.3 Å². The summed E-state index contributed by atoms with van der Waals surface area (Å²) in [5, 5.41) is 0.0425. The van der Waals surface area contributed by atoms with Crippen LogP contribution in [0.4, 0.5) is 22.9 Å². The standard InChI is InChI=1S/C30H30BN4/c1-4-28-29(5-2,33-20-12-10-18-26(33)34-21-13-11-19-31(28)34)30(28)22-14-6-7-15-23(22)35-25-17-9-8-16-24(25)32(3)27(30)35/h6-21,27H,4-5H2,1-3H3/q+1. The molecule has 172 valence electrons. The minimum absolute atomic E-state index is 0.0339. The minimum Gasteiger partial charge on any atom is -0.351 e. The van der Waals surface area contributed by atoms with Crippen LogP contribution in [0.15, 0.2) is 97.3 Å². The monoisotopic (exact) mass is 457 g/mol. The van der Waals surface area contributed by atoms with E-state index in [2.05, 4.69) is 137 Å². The fraction of sp³-hybridized carbons (Fsp3) is 0.300. The van der Waals surface area contributed by atoms with Crippen molar-refractivity contribution in [2.45, 2.75) is 49.1 Å². The summed E-state index contributed by atoms with van der Waals surface area (Å²) in [7, 11) is 2.32. The van der Waals surface area contributed by atoms with E-state index in [0.29, 0.717) is 6.85 Å². The van der Waals surface area contributed by atoms with Crippen LogP contribution < -0.4 is 19.2 Å². The molecule has 1 saturated carbocycles. The lowest BCUT2D eigenvalue weighted by molar-refractivity contribution is -0.735. The summed E-state index contributed by atoms with van der Waals surface area (Å²) in [4.78, 5) is 7.78. The molecule has 1 fully saturated rings. The van der Waals surface area contributed by atoms with Gasteiger partial charge in [0.15, 0.2) is 0 Å². The van der Waals surface area contributed by atoms with Gasteiger partial charge in [-0.3, -0.25) is 4.81 Å². The van der Waals surface area contributed by atoms with Crippen LogP contribution in [0.3, 0.4) is 0 Å². The van der Waals surface area contributed by atoms with E-state index in [0.717, 1.165) is 12.8 Å². The van der Waals surface area contributed by atoms with Crippen molar-refractivity contribution in [2.24, 2.45) is 0 Å². The number of aromatic nitrogens is 1. The number of pyridine rings is 1. The van der Waals surface area contributed by atoms with Crippen LogP contribution in [-0.4, -0.2) is 20.1 Å². The summed E-state index contributed by atoms with van der Waals surface area (Å²) in [6.45, 7) is 5.17. The SMILES string of the molecule is CCC12B3C=CC=CN3c3cccc[n+]3C1(CC)C21c2ccccc2N2c3ccccc3N(C)C21. The Morgan fingerprint density at radius 3 is 2.40 bits per heavy atom. The van der Waals surface area contributed by atoms with Gasteiger partial charge in [0, 0.05) is 18.8 Å². The molecular formula is C30H30BN4+. The van der Waals surface area contributed by atoms with Crippen LogP contribution in [0, 0.1) is 0 Å². The number of fused-ring (bicyclic) bond motifs is 15. The molecule has 0 radical (unpaired) electrons. The van der Waals surface area contributed by atoms with E-state index in [1.54, 1.807) is 0 Å². The Bertz CT molecular complexity index is 1460. The van der Waals surface area contributed by atoms with E-state index in [4.69, 9.17) is 0 Å². The fourth-order valence-electron chi connectivity index (χ4n) is 9.46. The minimum atomic E-state index is -0.0659. The number of anilines is 4. The quantitative estimate of drug-likeness (QED) is 0.371. The molecule has 0 amide bonds. The lowest BCUT2D eigenvalue weighted by Crippen LogP contribution is -2.63. The first-order chi connectivity index (χ1) is 17.2. The van der Waals surface area contributed by atoms with Gasteiger partial charge in [-0.05, 0) is 48.7 Å². The Hall–Kier alpha value is -3.47. The smallest absolute Gasteiger partial charge is 0.351 e. The van der Waals surface area contributed by atoms with Crippen molar-refractivity contribution in [3.8, 4) is 0 Å². The Labute approximate surface area is 207 Å². The second-order valence-corrected chi connectivity index (χ2v) is 10.7. The lowest BCUT2D eigenvalue weighted by Gasteiger charge is -2.36. The van der Waals surface area contributed by atoms with Crippen molar-refractivity contribution in [3.63, 3.8) is 0 Å². The van der Waals surface area contributed by atoms with E-state index < -0.39 is 0 Å². The van der Waals surface area contributed by atoms with Gasteiger partial charge >= 0.3 is 6.85 Å². The molecule has 35 heavy (non-hydrogen) atoms. The maximum Gasteiger partial charge on any atom is 0.416 e. The van der Waals surface area contributed by atoms with Gasteiger partial charge in [-0.2, -0.15) is 0 Å². The highest BCUT2D eigenvalue weighted by atomic mass is 15.5. The van der Waals surface area contributed by atoms with E-state index in [1.165, 1.54) is 28.4 Å². The lowest BCUT2D eigenvalue weighted by atomic mass is 9.41. The Balaban J connectivity index is 1.52. The first-order valence-electron chi connectivity index (χ1n) is 13.1. The highest BCUT2D eigenvalue weighted by Gasteiger charge is 3.00. The molecular weight excluding hydrogens is 427 g/mol. The molecule has 0 N–H and O–H groups in total. The molecule has 5 aliphatic rings. The van der Waals surface area contributed by atoms with Gasteiger partial charge in [-0.15, -0.1) is 0 Å². The number of para-hydroxylation sites is 3. The zero-order chi connectivity index (χ0) is 23.6. The van der Waals surface area contributed by atoms with Crippen LogP contribution in [0.5, 0.6) is 0 Å². The molecule has 3 aromatic rings. The molecule has 0 bridgehead atoms. The molecule has 1 aliphatic carbocycles. The number of hydrogen-bond donors (Lipinski definition) is 0. The number of nitrogens with zero attached hydrogens (tertiary/aromatic N) is 4. The molecule has 4 unspecified atom stereocenters. The van der Waals surface area contributed by atoms with Crippen molar-refractivity contribution in [2.75, 3.05) is 21.7 Å². The van der Waals surface area contributed by atoms with Gasteiger partial charge < -0.3 is 9.80 Å². The van der Waals surface area contributed by atoms with Crippen LogP contribution in [0.2, 0.25) is 5.31 Å². The fourth-order valence-corrected chi connectivity index (χ4v) is 9.46. The first kappa shape index (κ1) is 19.8. The summed E-state index contributed by atoms with van der Waals surface area (Å²) >= 11 is 0. The van der Waals surface area contributed by atoms with Crippen LogP contribution >= 0.6 is 0 Å². The molecule has 1 aromatic heterocycles. The van der Waals surface area contributed by atoms with Gasteiger partial charge in [0.2, 0.25) is 0 Å². The molecule has 8 rings (SSSR count). The maximum atomic E-state index is 2.66. The number of hydrogen-bond acceptors (Lipinski definition) is 3. The van der Waals surface area contributed by atoms with Crippen molar-refractivity contribution in [1.29, 1.82) is 0 Å². The third-order valence-corrected chi connectivity index (χ3v) is 10.2. The Kier molecular flexibility index (Phi) is 3.51. The van der Waals surface area contributed by atoms with Gasteiger partial charge in [0.05, 0.1) is 34.5 Å². The second-order valence-electron chi connectivity index (χ2n) is 10.7. The predicted octanol–water partition coefficient (Wildman–Crippen LogP) is 5.54. The second kappa shape index (κ2) is 6.20. The number of allylic oxidation sites excluding steroid dienone is 2. The Morgan fingerprint density at radius 1 is 0.857 bits per heavy atom. The number of benzene rings is 2. The third kappa shape index (κ3) is 1.74. The summed E-state index contributed by atoms with van der Waals surface area (Å²) < 4.78 is 2.66. The van der Waals surface area contributed by atoms with E-state index in [1.807, 2.05) is 0 Å². The van der Waals surface area contributed by atoms with E-state index in [9.17, 15) is 0 Å². The van der Waals surface area contributed by atoms with Crippen molar-refractivity contribution in [1.82, 2.24) is 0 Å². The number of rotatable bonds is 2. The summed E-state index contributed by atoms with van der Waals surface area (Å²) in [5.74, 6) is 3.78. The largest absolute Gasteiger partial charge is 0.416 e. The van der Waals surface area contributed by atoms with Crippen LogP contribution in [-0.2, 0) is 11.0 Å². The van der Waals surface area contributed by atoms with Crippen molar-refractivity contribution < 1.29 is 4.57 Å². The van der Waals surface area contributed by atoms with Crippen molar-refractivity contribution in [3.05, 3.63) is 103 Å². The summed E-state index contributed by atoms with van der Waals surface area (Å²) in [5.41, 5.74) is 5.46. The zero-order valence-corrected chi connectivity index (χ0v) is 20.6. The van der Waals surface area contributed by atoms with Crippen LogP contribution in [0.25, 0.3) is 0 Å². The van der Waals surface area contributed by atoms with Crippen molar-refractivity contribution >= 4 is 29.7 Å². The Morgan fingerprint density at radius 2 is 1.60 bits per heavy atom. The predicted molar refractivity (Wildman–Crippen MR) is 143 cm³/mol. The first-order valence-corrected chi connectivity index (χ1v) is 13.1. The highest BCUT2D eigenvalue weighted by molar-refractivity contribution is 6.74. The van der Waals surface area contributed by atoms with Gasteiger partial charge in [0.25, 0.3) is 5.82 Å². The average Bonchev–Trinajstić information content (AvgIpc) is 3.17. The normalized spacial score (nSPS) is 32.3. The highest BCUT2D eigenvalue weighted by Crippen LogP contribution is 2.90. The summed E-state index contributed by atoms with van der Waals surface area (Å²) in [6, 6.07) is 25.0. The molecule has 2 aromatic carbocycles. The molecule has 5 heterocycles. The van der Waals surface area contributed by atoms with Crippen LogP contribution in [0.1, 0.15) is 32.3 Å². The molecule has 0 saturated heterocycles.